The van der Waals surface area contributed by atoms with Gasteiger partial charge in [0.1, 0.15) is 10.4 Å². The number of nitrogens with zero attached hydrogens (tertiary/aromatic N) is 2. The summed E-state index contributed by atoms with van der Waals surface area (Å²) < 4.78 is 15.3. The van der Waals surface area contributed by atoms with Crippen molar-refractivity contribution in [2.75, 3.05) is 0 Å². The van der Waals surface area contributed by atoms with Crippen LogP contribution < -0.4 is 0 Å². The van der Waals surface area contributed by atoms with Crippen molar-refractivity contribution < 1.29 is 2.74 Å². The lowest BCUT2D eigenvalue weighted by molar-refractivity contribution is 1.24. The van der Waals surface area contributed by atoms with Crippen molar-refractivity contribution in [3.63, 3.8) is 0 Å². The zero-order valence-electron chi connectivity index (χ0n) is 8.00. The van der Waals surface area contributed by atoms with Gasteiger partial charge in [0.2, 0.25) is 0 Å². The smallest absolute Gasteiger partial charge is 0.137 e. The highest BCUT2D eigenvalue weighted by Crippen LogP contribution is 2.16. The summed E-state index contributed by atoms with van der Waals surface area (Å²) >= 11 is 3.24. The van der Waals surface area contributed by atoms with E-state index in [2.05, 4.69) is 30.9 Å². The number of aromatic amines is 1. The van der Waals surface area contributed by atoms with Gasteiger partial charge >= 0.3 is 0 Å². The van der Waals surface area contributed by atoms with Crippen LogP contribution >= 0.6 is 15.9 Å². The van der Waals surface area contributed by atoms with Crippen LogP contribution in [-0.2, 0) is 0 Å². The fourth-order valence-corrected chi connectivity index (χ4v) is 1.25. The number of hydrogen-bond donors (Lipinski definition) is 1. The van der Waals surface area contributed by atoms with E-state index in [0.717, 1.165) is 5.56 Å². The molecule has 1 N–H and O–H groups in total. The zero-order chi connectivity index (χ0) is 10.1. The Morgan fingerprint density at radius 2 is 2.42 bits per heavy atom. The molecule has 12 heavy (non-hydrogen) atoms. The minimum absolute atomic E-state index is 0.0212. The Morgan fingerprint density at radius 1 is 1.50 bits per heavy atom. The summed E-state index contributed by atoms with van der Waals surface area (Å²) in [6.07, 6.45) is 1.61. The third-order valence-corrected chi connectivity index (χ3v) is 1.84. The van der Waals surface area contributed by atoms with Crippen LogP contribution in [0.1, 0.15) is 2.74 Å². The molecule has 2 rings (SSSR count). The Labute approximate surface area is 80.8 Å². The van der Waals surface area contributed by atoms with Crippen molar-refractivity contribution in [3.05, 3.63) is 35.3 Å². The average Bonchev–Trinajstić information content (AvgIpc) is 2.47. The molecular weight excluding hydrogens is 218 g/mol. The first-order chi connectivity index (χ1) is 6.66. The fraction of sp³-hybridized carbons (Fsp3) is 0. The number of imidazole rings is 1. The summed E-state index contributed by atoms with van der Waals surface area (Å²) in [5.74, 6) is 0.517. The molecule has 0 spiro atoms. The van der Waals surface area contributed by atoms with Crippen LogP contribution in [0.15, 0.2) is 35.3 Å². The van der Waals surface area contributed by atoms with Crippen LogP contribution in [0.3, 0.4) is 0 Å². The van der Waals surface area contributed by atoms with E-state index >= 15 is 0 Å². The van der Waals surface area contributed by atoms with Gasteiger partial charge in [-0.2, -0.15) is 0 Å². The Bertz CT molecular complexity index is 450. The molecular formula is C8H6BrN3. The minimum atomic E-state index is -0.0482. The number of hydrogen-bond acceptors (Lipinski definition) is 2. The first-order valence-corrected chi connectivity index (χ1v) is 4.11. The summed E-state index contributed by atoms with van der Waals surface area (Å²) in [5.41, 5.74) is 0.805. The number of pyridine rings is 1. The highest BCUT2D eigenvalue weighted by molar-refractivity contribution is 9.10. The van der Waals surface area contributed by atoms with Gasteiger partial charge in [-0.05, 0) is 28.1 Å². The molecule has 0 fully saturated rings. The van der Waals surface area contributed by atoms with E-state index in [1.54, 1.807) is 18.3 Å². The summed E-state index contributed by atoms with van der Waals surface area (Å²) in [7, 11) is 0. The molecule has 2 heterocycles. The maximum absolute atomic E-state index is 7.31. The lowest BCUT2D eigenvalue weighted by atomic mass is 10.3. The molecule has 0 aliphatic rings. The van der Waals surface area contributed by atoms with Crippen molar-refractivity contribution >= 4 is 15.9 Å². The molecule has 4 heteroatoms. The second kappa shape index (κ2) is 3.06. The van der Waals surface area contributed by atoms with Crippen LogP contribution in [0.5, 0.6) is 0 Å². The largest absolute Gasteiger partial charge is 0.345 e. The number of rotatable bonds is 1. The lowest BCUT2D eigenvalue weighted by Crippen LogP contribution is -1.81. The van der Waals surface area contributed by atoms with Crippen LogP contribution in [0.4, 0.5) is 0 Å². The molecule has 0 aliphatic carbocycles. The quantitative estimate of drug-likeness (QED) is 0.757. The maximum atomic E-state index is 7.31. The highest BCUT2D eigenvalue weighted by atomic mass is 79.9. The van der Waals surface area contributed by atoms with Gasteiger partial charge in [0, 0.05) is 24.1 Å². The fourth-order valence-electron chi connectivity index (χ4n) is 0.885. The first kappa shape index (κ1) is 5.48. The molecule has 0 amide bonds. The Kier molecular flexibility index (Phi) is 1.40. The monoisotopic (exact) mass is 225 g/mol. The van der Waals surface area contributed by atoms with E-state index < -0.39 is 0 Å². The van der Waals surface area contributed by atoms with E-state index in [1.165, 1.54) is 0 Å². The van der Waals surface area contributed by atoms with Gasteiger partial charge in [-0.3, -0.25) is 0 Å². The molecule has 0 aromatic carbocycles. The van der Waals surface area contributed by atoms with Gasteiger partial charge < -0.3 is 4.98 Å². The van der Waals surface area contributed by atoms with E-state index in [4.69, 9.17) is 2.74 Å². The number of H-pyrrole nitrogens is 1. The summed E-state index contributed by atoms with van der Waals surface area (Å²) in [6.45, 7) is 0. The second-order valence-corrected chi connectivity index (χ2v) is 3.00. The van der Waals surface area contributed by atoms with Crippen LogP contribution in [0.2, 0.25) is 0 Å². The van der Waals surface area contributed by atoms with Crippen LogP contribution in [0.25, 0.3) is 11.4 Å². The van der Waals surface area contributed by atoms with Crippen molar-refractivity contribution in [1.29, 1.82) is 0 Å². The molecule has 0 saturated carbocycles. The molecule has 2 aromatic rings. The summed E-state index contributed by atoms with van der Waals surface area (Å²) in [5, 5.41) is 0. The van der Waals surface area contributed by atoms with E-state index in [1.807, 2.05) is 0 Å². The van der Waals surface area contributed by atoms with Gasteiger partial charge in [-0.15, -0.1) is 0 Å². The predicted molar refractivity (Wildman–Crippen MR) is 49.5 cm³/mol. The molecule has 0 radical (unpaired) electrons. The highest BCUT2D eigenvalue weighted by Gasteiger charge is 1.98. The number of nitrogens with one attached hydrogen (secondary N) is 1. The minimum Gasteiger partial charge on any atom is -0.345 e. The van der Waals surface area contributed by atoms with Gasteiger partial charge in [-0.1, -0.05) is 0 Å². The van der Waals surface area contributed by atoms with Crippen LogP contribution in [-0.4, -0.2) is 15.0 Å². The van der Waals surface area contributed by atoms with Gasteiger partial charge in [-0.25, -0.2) is 9.97 Å². The summed E-state index contributed by atoms with van der Waals surface area (Å²) in [6, 6.07) is 3.54. The first-order valence-electron chi connectivity index (χ1n) is 4.32. The topological polar surface area (TPSA) is 41.6 Å². The zero-order valence-corrected chi connectivity index (χ0v) is 7.59. The second-order valence-electron chi connectivity index (χ2n) is 2.19. The Hall–Kier alpha value is -1.16. The maximum Gasteiger partial charge on any atom is 0.137 e. The van der Waals surface area contributed by atoms with Crippen molar-refractivity contribution in [2.45, 2.75) is 0 Å². The SMILES string of the molecule is [2H]c1nc(-c2ccnc(Br)c2)[nH]c1[2H]. The molecule has 60 valence electrons. The predicted octanol–water partition coefficient (Wildman–Crippen LogP) is 2.23. The van der Waals surface area contributed by atoms with E-state index in [-0.39, 0.29) is 12.3 Å². The van der Waals surface area contributed by atoms with Crippen molar-refractivity contribution in [3.8, 4) is 11.4 Å². The molecule has 0 atom stereocenters. The molecule has 3 nitrogen and oxygen atoms in total. The third kappa shape index (κ3) is 1.38. The number of aromatic nitrogens is 3. The van der Waals surface area contributed by atoms with E-state index in [9.17, 15) is 0 Å². The van der Waals surface area contributed by atoms with Crippen molar-refractivity contribution in [2.24, 2.45) is 0 Å². The van der Waals surface area contributed by atoms with Crippen molar-refractivity contribution in [1.82, 2.24) is 15.0 Å². The molecule has 0 unspecified atom stereocenters. The van der Waals surface area contributed by atoms with E-state index in [0.29, 0.717) is 10.4 Å². The van der Waals surface area contributed by atoms with Gasteiger partial charge in [0.15, 0.2) is 0 Å². The number of halogens is 1. The molecule has 0 aliphatic heterocycles. The summed E-state index contributed by atoms with van der Waals surface area (Å²) in [4.78, 5) is 10.6. The Balaban J connectivity index is 2.49. The Morgan fingerprint density at radius 3 is 3.08 bits per heavy atom. The standard InChI is InChI=1S/C8H6BrN3/c9-7-5-6(1-2-10-7)8-11-3-4-12-8/h1-5H,(H,11,12)/i3D,4D. The molecule has 2 aromatic heterocycles. The molecule has 0 bridgehead atoms. The van der Waals surface area contributed by atoms with Gasteiger partial charge in [0.25, 0.3) is 0 Å². The van der Waals surface area contributed by atoms with Crippen LogP contribution in [0, 0.1) is 0 Å². The average molecular weight is 226 g/mol. The molecule has 0 saturated heterocycles. The normalized spacial score (nSPS) is 12.4. The third-order valence-electron chi connectivity index (χ3n) is 1.40. The van der Waals surface area contributed by atoms with Gasteiger partial charge in [0.05, 0.1) is 2.74 Å². The lowest BCUT2D eigenvalue weighted by Gasteiger charge is -1.95.